The van der Waals surface area contributed by atoms with Crippen molar-refractivity contribution in [1.29, 1.82) is 0 Å². The summed E-state index contributed by atoms with van der Waals surface area (Å²) < 4.78 is 0. The third-order valence-electron chi connectivity index (χ3n) is 0.957. The molecule has 0 bridgehead atoms. The van der Waals surface area contributed by atoms with Crippen molar-refractivity contribution in [3.8, 4) is 0 Å². The molecular formula is C6H5N2O2. The van der Waals surface area contributed by atoms with Crippen molar-refractivity contribution in [2.24, 2.45) is 5.73 Å². The highest BCUT2D eigenvalue weighted by Gasteiger charge is 1.97. The average molecular weight is 137 g/mol. The number of amides is 1. The lowest BCUT2D eigenvalue weighted by atomic mass is 10.3. The van der Waals surface area contributed by atoms with Crippen LogP contribution in [0.5, 0.6) is 0 Å². The number of pyridine rings is 1. The Labute approximate surface area is 56.7 Å². The summed E-state index contributed by atoms with van der Waals surface area (Å²) in [4.78, 5) is 23.1. The molecule has 51 valence electrons. The molecular weight excluding hydrogens is 132 g/mol. The number of carbonyl (C=O) groups is 1. The van der Waals surface area contributed by atoms with Crippen LogP contribution in [-0.4, -0.2) is 10.9 Å². The van der Waals surface area contributed by atoms with E-state index in [1.54, 1.807) is 0 Å². The zero-order chi connectivity index (χ0) is 7.56. The van der Waals surface area contributed by atoms with Crippen molar-refractivity contribution in [3.05, 3.63) is 34.2 Å². The smallest absolute Gasteiger partial charge is 0.265 e. The van der Waals surface area contributed by atoms with Gasteiger partial charge in [-0.2, -0.15) is 0 Å². The number of nitrogens with two attached hydrogens (primary N) is 1. The van der Waals surface area contributed by atoms with Crippen molar-refractivity contribution in [2.75, 3.05) is 0 Å². The third kappa shape index (κ3) is 1.22. The van der Waals surface area contributed by atoms with Crippen LogP contribution in [0.15, 0.2) is 16.9 Å². The van der Waals surface area contributed by atoms with Crippen LogP contribution in [0.3, 0.4) is 0 Å². The molecule has 4 heteroatoms. The molecule has 0 atom stereocenters. The number of primary amides is 1. The first-order valence-corrected chi connectivity index (χ1v) is 2.61. The molecule has 0 aliphatic carbocycles. The van der Waals surface area contributed by atoms with E-state index in [0.717, 1.165) is 0 Å². The number of carbonyl (C=O) groups excluding carboxylic acids is 1. The Morgan fingerprint density at radius 2 is 2.40 bits per heavy atom. The minimum absolute atomic E-state index is 0.00694. The number of aromatic nitrogens is 1. The van der Waals surface area contributed by atoms with E-state index in [1.165, 1.54) is 12.1 Å². The minimum atomic E-state index is -0.683. The Morgan fingerprint density at radius 3 is 2.80 bits per heavy atom. The summed E-state index contributed by atoms with van der Waals surface area (Å²) in [5.74, 6) is -0.683. The number of rotatable bonds is 1. The quantitative estimate of drug-likeness (QED) is 0.535. The Balaban J connectivity index is 3.20. The van der Waals surface area contributed by atoms with Gasteiger partial charge >= 0.3 is 0 Å². The molecule has 1 amide bonds. The zero-order valence-electron chi connectivity index (χ0n) is 5.05. The van der Waals surface area contributed by atoms with E-state index < -0.39 is 5.91 Å². The lowest BCUT2D eigenvalue weighted by Crippen LogP contribution is -2.17. The summed E-state index contributed by atoms with van der Waals surface area (Å²) in [6, 6.07) is 5.08. The Morgan fingerprint density at radius 1 is 1.70 bits per heavy atom. The second kappa shape index (κ2) is 2.34. The van der Waals surface area contributed by atoms with E-state index in [9.17, 15) is 9.59 Å². The van der Waals surface area contributed by atoms with Crippen LogP contribution in [0.4, 0.5) is 0 Å². The van der Waals surface area contributed by atoms with E-state index in [0.29, 0.717) is 0 Å². The average Bonchev–Trinajstić information content (AvgIpc) is 1.88. The molecule has 0 saturated carbocycles. The lowest BCUT2D eigenvalue weighted by molar-refractivity contribution is 0.0995. The van der Waals surface area contributed by atoms with Gasteiger partial charge in [0.15, 0.2) is 0 Å². The monoisotopic (exact) mass is 137 g/mol. The predicted molar refractivity (Wildman–Crippen MR) is 34.4 cm³/mol. The normalized spacial score (nSPS) is 9.20. The summed E-state index contributed by atoms with van der Waals surface area (Å²) in [6.07, 6.45) is 0. The molecule has 1 heterocycles. The molecule has 10 heavy (non-hydrogen) atoms. The van der Waals surface area contributed by atoms with Gasteiger partial charge in [0, 0.05) is 12.1 Å². The summed E-state index contributed by atoms with van der Waals surface area (Å²) in [6.45, 7) is 0. The molecule has 0 aliphatic rings. The van der Waals surface area contributed by atoms with E-state index in [1.807, 2.05) is 0 Å². The molecule has 0 saturated heterocycles. The fraction of sp³-hybridized carbons (Fsp3) is 0. The van der Waals surface area contributed by atoms with E-state index in [-0.39, 0.29) is 11.3 Å². The van der Waals surface area contributed by atoms with Gasteiger partial charge in [-0.3, -0.25) is 9.59 Å². The first kappa shape index (κ1) is 6.54. The number of H-pyrrole nitrogens is 1. The Bertz CT molecular complexity index is 303. The fourth-order valence-corrected chi connectivity index (χ4v) is 0.534. The van der Waals surface area contributed by atoms with Gasteiger partial charge < -0.3 is 10.7 Å². The van der Waals surface area contributed by atoms with Gasteiger partial charge in [0.05, 0.1) is 0 Å². The topological polar surface area (TPSA) is 76.0 Å². The number of hydrogen-bond acceptors (Lipinski definition) is 2. The van der Waals surface area contributed by atoms with Gasteiger partial charge in [0.2, 0.25) is 5.56 Å². The highest BCUT2D eigenvalue weighted by molar-refractivity contribution is 5.90. The van der Waals surface area contributed by atoms with Crippen LogP contribution in [-0.2, 0) is 0 Å². The lowest BCUT2D eigenvalue weighted by Gasteiger charge is -1.89. The van der Waals surface area contributed by atoms with Gasteiger partial charge in [-0.15, -0.1) is 0 Å². The van der Waals surface area contributed by atoms with Gasteiger partial charge in [0.1, 0.15) is 5.69 Å². The molecule has 3 N–H and O–H groups in total. The van der Waals surface area contributed by atoms with E-state index in [4.69, 9.17) is 5.73 Å². The third-order valence-corrected chi connectivity index (χ3v) is 0.957. The van der Waals surface area contributed by atoms with Gasteiger partial charge in [0.25, 0.3) is 5.91 Å². The molecule has 0 aromatic carbocycles. The van der Waals surface area contributed by atoms with Crippen LogP contribution in [0, 0.1) is 6.07 Å². The fourth-order valence-electron chi connectivity index (χ4n) is 0.534. The van der Waals surface area contributed by atoms with Crippen LogP contribution in [0.25, 0.3) is 0 Å². The van der Waals surface area contributed by atoms with E-state index >= 15 is 0 Å². The second-order valence-electron chi connectivity index (χ2n) is 1.71. The maximum absolute atomic E-state index is 10.5. The number of aromatic amines is 1. The van der Waals surface area contributed by atoms with Crippen LogP contribution in [0.1, 0.15) is 10.5 Å². The van der Waals surface area contributed by atoms with Gasteiger partial charge in [-0.05, 0) is 6.07 Å². The maximum Gasteiger partial charge on any atom is 0.265 e. The summed E-state index contributed by atoms with van der Waals surface area (Å²) in [7, 11) is 0. The maximum atomic E-state index is 10.5. The molecule has 0 unspecified atom stereocenters. The van der Waals surface area contributed by atoms with Gasteiger partial charge in [-0.1, -0.05) is 0 Å². The predicted octanol–water partition coefficient (Wildman–Crippen LogP) is -0.726. The van der Waals surface area contributed by atoms with Crippen LogP contribution < -0.4 is 11.3 Å². The van der Waals surface area contributed by atoms with Crippen molar-refractivity contribution < 1.29 is 4.79 Å². The van der Waals surface area contributed by atoms with Crippen molar-refractivity contribution in [3.63, 3.8) is 0 Å². The highest BCUT2D eigenvalue weighted by Crippen LogP contribution is 1.83. The Hall–Kier alpha value is -1.58. The first-order chi connectivity index (χ1) is 4.70. The van der Waals surface area contributed by atoms with Crippen molar-refractivity contribution in [1.82, 2.24) is 4.98 Å². The zero-order valence-corrected chi connectivity index (χ0v) is 5.05. The minimum Gasteiger partial charge on any atom is -0.364 e. The summed E-state index contributed by atoms with van der Waals surface area (Å²) in [5, 5.41) is 0. The molecule has 1 radical (unpaired) electrons. The van der Waals surface area contributed by atoms with Crippen LogP contribution in [0.2, 0.25) is 0 Å². The highest BCUT2D eigenvalue weighted by atomic mass is 16.1. The SMILES string of the molecule is NC(=O)c1[c]ccc(=O)[nH]1. The first-order valence-electron chi connectivity index (χ1n) is 2.61. The standard InChI is InChI=1S/C6H5N2O2/c7-6(10)4-2-1-3-5(9)8-4/h1,3H,(H2,7,10)(H,8,9). The molecule has 1 aromatic heterocycles. The largest absolute Gasteiger partial charge is 0.364 e. The number of nitrogens with one attached hydrogen (secondary N) is 1. The molecule has 0 spiro atoms. The Kier molecular flexibility index (Phi) is 1.53. The summed E-state index contributed by atoms with van der Waals surface area (Å²) in [5.41, 5.74) is 4.50. The van der Waals surface area contributed by atoms with Crippen molar-refractivity contribution >= 4 is 5.91 Å². The number of hydrogen-bond donors (Lipinski definition) is 2. The second-order valence-corrected chi connectivity index (χ2v) is 1.71. The molecule has 0 aliphatic heterocycles. The summed E-state index contributed by atoms with van der Waals surface area (Å²) >= 11 is 0. The molecule has 4 nitrogen and oxygen atoms in total. The van der Waals surface area contributed by atoms with Crippen LogP contribution >= 0.6 is 0 Å². The van der Waals surface area contributed by atoms with Crippen molar-refractivity contribution in [2.45, 2.75) is 0 Å². The molecule has 1 rings (SSSR count). The molecule has 1 aromatic rings. The van der Waals surface area contributed by atoms with Gasteiger partial charge in [-0.25, -0.2) is 0 Å². The molecule has 0 fully saturated rings. The van der Waals surface area contributed by atoms with E-state index in [2.05, 4.69) is 11.1 Å².